The number of carbonyl (C=O) groups excluding carboxylic acids is 4. The minimum atomic E-state index is -0.704. The first-order chi connectivity index (χ1) is 32.7. The summed E-state index contributed by atoms with van der Waals surface area (Å²) in [6, 6.07) is 24.8. The molecule has 0 radical (unpaired) electrons. The molecular weight excluding hydrogens is 857 g/mol. The first-order valence-corrected chi connectivity index (χ1v) is 24.2. The lowest BCUT2D eigenvalue weighted by Crippen LogP contribution is -2.51. The van der Waals surface area contributed by atoms with Crippen LogP contribution in [0.2, 0.25) is 0 Å². The number of likely N-dealkylation sites (tertiary alicyclic amines) is 2. The van der Waals surface area contributed by atoms with Crippen molar-refractivity contribution in [3.8, 4) is 22.3 Å². The standard InChI is InChI=1S/C54H64N8O6/c1-29(2)47(59-53(65)67-7)51(63)61-27-31(5)21-45(61)49-55-41-19-17-37(25-43(41)57-49)39-23-33-9-13-35(39)15-11-34-10-14-36(16-12-33)40(24-34)38-18-20-42-44(26-38)58-50(56-42)46-22-32(6)28-62(46)52(64)48(30(3)4)60-54(66)68-8/h9-10,13-14,17-20,23-26,29-32,45-48H,11-12,15-16,21-22,27-28H2,1-8H3,(H,55,57)(H,56,58)(H,59,65)(H,60,66). The van der Waals surface area contributed by atoms with E-state index in [1.807, 2.05) is 37.5 Å². The Labute approximate surface area is 398 Å². The average molecular weight is 921 g/mol. The highest BCUT2D eigenvalue weighted by molar-refractivity contribution is 5.89. The van der Waals surface area contributed by atoms with E-state index in [2.05, 4.69) is 107 Å². The highest BCUT2D eigenvalue weighted by Crippen LogP contribution is 2.39. The van der Waals surface area contributed by atoms with Crippen LogP contribution < -0.4 is 10.6 Å². The number of ether oxygens (including phenoxy) is 2. The van der Waals surface area contributed by atoms with E-state index >= 15 is 0 Å². The number of H-pyrrole nitrogens is 2. The molecule has 0 spiro atoms. The number of carbonyl (C=O) groups is 4. The van der Waals surface area contributed by atoms with E-state index in [1.165, 1.54) is 47.6 Å². The first kappa shape index (κ1) is 46.4. The summed E-state index contributed by atoms with van der Waals surface area (Å²) < 4.78 is 9.68. The van der Waals surface area contributed by atoms with Gasteiger partial charge in [0.25, 0.3) is 0 Å². The van der Waals surface area contributed by atoms with E-state index in [1.54, 1.807) is 0 Å². The Balaban J connectivity index is 0.951. The molecule has 4 heterocycles. The molecule has 4 bridgehead atoms. The normalized spacial score (nSPS) is 20.2. The summed E-state index contributed by atoms with van der Waals surface area (Å²) in [7, 11) is 2.61. The number of hydrogen-bond acceptors (Lipinski definition) is 8. The molecule has 2 saturated heterocycles. The summed E-state index contributed by atoms with van der Waals surface area (Å²) in [5, 5.41) is 5.51. The second kappa shape index (κ2) is 19.1. The van der Waals surface area contributed by atoms with Gasteiger partial charge in [-0.05, 0) is 131 Å². The molecular formula is C54H64N8O6. The van der Waals surface area contributed by atoms with Gasteiger partial charge in [0.1, 0.15) is 23.7 Å². The van der Waals surface area contributed by atoms with Crippen LogP contribution >= 0.6 is 0 Å². The molecule has 4 amide bonds. The minimum absolute atomic E-state index is 0.118. The number of rotatable bonds is 10. The molecule has 0 saturated carbocycles. The van der Waals surface area contributed by atoms with Gasteiger partial charge in [0.05, 0.1) is 48.4 Å². The van der Waals surface area contributed by atoms with Gasteiger partial charge >= 0.3 is 12.2 Å². The van der Waals surface area contributed by atoms with Crippen LogP contribution in [0, 0.1) is 23.7 Å². The van der Waals surface area contributed by atoms with Crippen molar-refractivity contribution in [2.45, 2.75) is 104 Å². The summed E-state index contributed by atoms with van der Waals surface area (Å²) in [4.78, 5) is 73.3. The molecule has 2 fully saturated rings. The number of hydrogen-bond donors (Lipinski definition) is 4. The molecule has 6 aliphatic rings. The minimum Gasteiger partial charge on any atom is -0.453 e. The van der Waals surface area contributed by atoms with Gasteiger partial charge in [-0.3, -0.25) is 9.59 Å². The van der Waals surface area contributed by atoms with Crippen molar-refractivity contribution in [1.29, 1.82) is 0 Å². The van der Waals surface area contributed by atoms with Crippen LogP contribution in [-0.2, 0) is 44.7 Å². The Morgan fingerprint density at radius 1 is 0.588 bits per heavy atom. The third kappa shape index (κ3) is 9.29. The molecule has 68 heavy (non-hydrogen) atoms. The maximum absolute atomic E-state index is 14.0. The van der Waals surface area contributed by atoms with Gasteiger partial charge < -0.3 is 39.9 Å². The van der Waals surface area contributed by atoms with Gasteiger partial charge in [0.15, 0.2) is 0 Å². The molecule has 2 aliphatic heterocycles. The van der Waals surface area contributed by atoms with Gasteiger partial charge in [0, 0.05) is 13.1 Å². The first-order valence-electron chi connectivity index (χ1n) is 24.2. The molecule has 2 aromatic heterocycles. The lowest BCUT2D eigenvalue weighted by molar-refractivity contribution is -0.136. The Kier molecular flexibility index (Phi) is 13.1. The second-order valence-corrected chi connectivity index (χ2v) is 20.1. The second-order valence-electron chi connectivity index (χ2n) is 20.1. The van der Waals surface area contributed by atoms with Gasteiger partial charge in [-0.1, -0.05) is 90.1 Å². The SMILES string of the molecule is COC(=O)NC(C(=O)N1CC(C)CC1c1nc2ccc(-c3cc4ccc3CCc3ccc(c(-c5ccc6nc(C7CC(C)CN7C(=O)C(NC(=O)OC)C(C)C)[nH]c6c5)c3)CC4)cc2[nH]1)C(C)C. The number of methoxy groups -OCH3 is 2. The summed E-state index contributed by atoms with van der Waals surface area (Å²) in [6.07, 6.45) is 3.76. The zero-order valence-electron chi connectivity index (χ0n) is 40.4. The number of benzene rings is 4. The molecule has 4 N–H and O–H groups in total. The van der Waals surface area contributed by atoms with E-state index in [0.717, 1.165) is 83.4 Å². The van der Waals surface area contributed by atoms with E-state index in [4.69, 9.17) is 19.4 Å². The van der Waals surface area contributed by atoms with Crippen LogP contribution in [0.15, 0.2) is 72.8 Å². The van der Waals surface area contributed by atoms with Gasteiger partial charge in [0.2, 0.25) is 11.8 Å². The molecule has 14 heteroatoms. The van der Waals surface area contributed by atoms with E-state index < -0.39 is 24.3 Å². The molecule has 356 valence electrons. The highest BCUT2D eigenvalue weighted by Gasteiger charge is 2.42. The fourth-order valence-corrected chi connectivity index (χ4v) is 10.7. The number of fused-ring (bicyclic) bond motifs is 2. The molecule has 6 atom stereocenters. The average Bonchev–Trinajstić information content (AvgIpc) is 4.13. The van der Waals surface area contributed by atoms with E-state index in [9.17, 15) is 19.2 Å². The van der Waals surface area contributed by atoms with Crippen LogP contribution in [0.1, 0.15) is 100 Å². The molecule has 4 aliphatic carbocycles. The van der Waals surface area contributed by atoms with Crippen LogP contribution in [-0.4, -0.2) is 93.1 Å². The van der Waals surface area contributed by atoms with E-state index in [-0.39, 0.29) is 47.6 Å². The number of aromatic amines is 2. The number of nitrogens with zero attached hydrogens (tertiary/aromatic N) is 4. The number of aryl methyl sites for hydroxylation is 4. The van der Waals surface area contributed by atoms with Gasteiger partial charge in [-0.2, -0.15) is 0 Å². The van der Waals surface area contributed by atoms with Crippen LogP contribution in [0.25, 0.3) is 44.3 Å². The Bertz CT molecular complexity index is 2690. The number of imidazole rings is 2. The van der Waals surface area contributed by atoms with E-state index in [0.29, 0.717) is 13.1 Å². The van der Waals surface area contributed by atoms with Crippen molar-refractivity contribution in [2.75, 3.05) is 27.3 Å². The van der Waals surface area contributed by atoms with Crippen molar-refractivity contribution in [3.05, 3.63) is 107 Å². The van der Waals surface area contributed by atoms with Crippen molar-refractivity contribution >= 4 is 46.1 Å². The fourth-order valence-electron chi connectivity index (χ4n) is 10.7. The van der Waals surface area contributed by atoms with Gasteiger partial charge in [-0.25, -0.2) is 19.6 Å². The third-order valence-electron chi connectivity index (χ3n) is 14.3. The summed E-state index contributed by atoms with van der Waals surface area (Å²) in [5.41, 5.74) is 13.3. The predicted molar refractivity (Wildman–Crippen MR) is 263 cm³/mol. The van der Waals surface area contributed by atoms with Crippen LogP contribution in [0.3, 0.4) is 0 Å². The van der Waals surface area contributed by atoms with Crippen LogP contribution in [0.5, 0.6) is 0 Å². The number of aromatic nitrogens is 4. The zero-order chi connectivity index (χ0) is 48.0. The van der Waals surface area contributed by atoms with Crippen molar-refractivity contribution in [3.63, 3.8) is 0 Å². The highest BCUT2D eigenvalue weighted by atomic mass is 16.5. The third-order valence-corrected chi connectivity index (χ3v) is 14.3. The number of amides is 4. The van der Waals surface area contributed by atoms with Crippen molar-refractivity contribution < 1.29 is 28.7 Å². The lowest BCUT2D eigenvalue weighted by Gasteiger charge is -2.30. The summed E-state index contributed by atoms with van der Waals surface area (Å²) in [5.74, 6) is 1.57. The predicted octanol–water partition coefficient (Wildman–Crippen LogP) is 9.24. The quantitative estimate of drug-likeness (QED) is 0.105. The maximum atomic E-state index is 14.0. The lowest BCUT2D eigenvalue weighted by atomic mass is 9.87. The Morgan fingerprint density at radius 2 is 1.00 bits per heavy atom. The number of nitrogens with one attached hydrogen (secondary N) is 4. The maximum Gasteiger partial charge on any atom is 0.407 e. The smallest absolute Gasteiger partial charge is 0.407 e. The molecule has 4 aromatic carbocycles. The molecule has 14 nitrogen and oxygen atoms in total. The van der Waals surface area contributed by atoms with Crippen molar-refractivity contribution in [2.24, 2.45) is 23.7 Å². The molecule has 6 unspecified atom stereocenters. The van der Waals surface area contributed by atoms with Gasteiger partial charge in [-0.15, -0.1) is 0 Å². The zero-order valence-corrected chi connectivity index (χ0v) is 40.4. The molecule has 6 aromatic rings. The monoisotopic (exact) mass is 920 g/mol. The van der Waals surface area contributed by atoms with Crippen molar-refractivity contribution in [1.82, 2.24) is 40.4 Å². The Hall–Kier alpha value is -6.70. The number of alkyl carbamates (subject to hydrolysis) is 2. The fraction of sp³-hybridized carbons (Fsp3) is 0.444. The topological polar surface area (TPSA) is 175 Å². The Morgan fingerprint density at radius 3 is 1.38 bits per heavy atom. The summed E-state index contributed by atoms with van der Waals surface area (Å²) in [6.45, 7) is 13.2. The largest absolute Gasteiger partial charge is 0.453 e. The summed E-state index contributed by atoms with van der Waals surface area (Å²) >= 11 is 0. The van der Waals surface area contributed by atoms with Crippen LogP contribution in [0.4, 0.5) is 9.59 Å². The molecule has 12 rings (SSSR count).